The molecule has 7 heavy (non-hydrogen) atoms. The summed E-state index contributed by atoms with van der Waals surface area (Å²) >= 11 is 1.90. The SMILES string of the molecule is CC(/C=N\I)=C/N. The third-order valence-corrected chi connectivity index (χ3v) is 0.794. The molecule has 0 aromatic heterocycles. The molecule has 2 nitrogen and oxygen atoms in total. The van der Waals surface area contributed by atoms with Gasteiger partial charge < -0.3 is 5.73 Å². The molecule has 0 rings (SSSR count). The van der Waals surface area contributed by atoms with Gasteiger partial charge >= 0.3 is 0 Å². The molecule has 0 radical (unpaired) electrons. The number of hydrogen-bond donors (Lipinski definition) is 1. The second-order valence-electron chi connectivity index (χ2n) is 1.14. The van der Waals surface area contributed by atoms with E-state index < -0.39 is 0 Å². The molecule has 2 N–H and O–H groups in total. The summed E-state index contributed by atoms with van der Waals surface area (Å²) < 4.78 is 3.70. The average molecular weight is 210 g/mol. The number of nitrogens with two attached hydrogens (primary N) is 1. The molecule has 0 bridgehead atoms. The number of rotatable bonds is 1. The summed E-state index contributed by atoms with van der Waals surface area (Å²) in [6.07, 6.45) is 3.21. The molecule has 0 aromatic rings. The Morgan fingerprint density at radius 2 is 2.43 bits per heavy atom. The van der Waals surface area contributed by atoms with Gasteiger partial charge in [0.25, 0.3) is 0 Å². The van der Waals surface area contributed by atoms with E-state index in [9.17, 15) is 0 Å². The Bertz CT molecular complexity index is 95.9. The fourth-order valence-corrected chi connectivity index (χ4v) is 0.559. The van der Waals surface area contributed by atoms with Gasteiger partial charge in [-0.3, -0.25) is 0 Å². The smallest absolute Gasteiger partial charge is 0.0831 e. The van der Waals surface area contributed by atoms with Gasteiger partial charge in [0.2, 0.25) is 0 Å². The van der Waals surface area contributed by atoms with Crippen molar-refractivity contribution in [3.63, 3.8) is 0 Å². The van der Waals surface area contributed by atoms with Gasteiger partial charge in [-0.2, -0.15) is 0 Å². The first-order valence-electron chi connectivity index (χ1n) is 1.84. The molecule has 0 heterocycles. The minimum absolute atomic E-state index is 0.981. The van der Waals surface area contributed by atoms with Crippen molar-refractivity contribution in [1.29, 1.82) is 0 Å². The maximum absolute atomic E-state index is 5.10. The van der Waals surface area contributed by atoms with Gasteiger partial charge in [-0.05, 0) is 18.7 Å². The molecule has 0 amide bonds. The molecule has 0 saturated carbocycles. The molecule has 0 aliphatic carbocycles. The van der Waals surface area contributed by atoms with Crippen molar-refractivity contribution in [2.45, 2.75) is 6.92 Å². The van der Waals surface area contributed by atoms with Gasteiger partial charge in [0, 0.05) is 6.21 Å². The molecule has 40 valence electrons. The topological polar surface area (TPSA) is 38.4 Å². The second-order valence-corrected chi connectivity index (χ2v) is 1.69. The molecular weight excluding hydrogens is 203 g/mol. The summed E-state index contributed by atoms with van der Waals surface area (Å²) in [6.45, 7) is 1.89. The Balaban J connectivity index is 3.58. The second kappa shape index (κ2) is 4.11. The van der Waals surface area contributed by atoms with E-state index in [-0.39, 0.29) is 0 Å². The highest BCUT2D eigenvalue weighted by molar-refractivity contribution is 14.1. The van der Waals surface area contributed by atoms with Crippen LogP contribution in [-0.4, -0.2) is 6.21 Å². The number of halogens is 1. The fourth-order valence-electron chi connectivity index (χ4n) is 0.120. The van der Waals surface area contributed by atoms with Crippen molar-refractivity contribution in [2.24, 2.45) is 8.94 Å². The van der Waals surface area contributed by atoms with Crippen molar-refractivity contribution in [3.8, 4) is 0 Å². The van der Waals surface area contributed by atoms with Crippen molar-refractivity contribution in [1.82, 2.24) is 0 Å². The summed E-state index contributed by atoms with van der Waals surface area (Å²) in [7, 11) is 0. The van der Waals surface area contributed by atoms with Crippen LogP contribution >= 0.6 is 22.9 Å². The predicted molar refractivity (Wildman–Crippen MR) is 40.5 cm³/mol. The van der Waals surface area contributed by atoms with Crippen LogP contribution < -0.4 is 5.73 Å². The zero-order chi connectivity index (χ0) is 5.70. The number of allylic oxidation sites excluding steroid dienone is 1. The van der Waals surface area contributed by atoms with Crippen LogP contribution in [0.5, 0.6) is 0 Å². The predicted octanol–water partition coefficient (Wildman–Crippen LogP) is 1.27. The summed E-state index contributed by atoms with van der Waals surface area (Å²) in [6, 6.07) is 0. The summed E-state index contributed by atoms with van der Waals surface area (Å²) in [5, 5.41) is 0. The van der Waals surface area contributed by atoms with Crippen molar-refractivity contribution >= 4 is 29.1 Å². The lowest BCUT2D eigenvalue weighted by Crippen LogP contribution is -1.83. The molecule has 0 aromatic carbocycles. The zero-order valence-corrected chi connectivity index (χ0v) is 6.21. The molecular formula is C4H7IN2. The summed E-state index contributed by atoms with van der Waals surface area (Å²) in [5.41, 5.74) is 6.08. The molecule has 0 aliphatic rings. The van der Waals surface area contributed by atoms with Crippen LogP contribution in [0, 0.1) is 0 Å². The molecule has 0 fully saturated rings. The van der Waals surface area contributed by atoms with Crippen LogP contribution in [0.15, 0.2) is 15.0 Å². The molecule has 0 aliphatic heterocycles. The van der Waals surface area contributed by atoms with E-state index in [0.717, 1.165) is 5.57 Å². The lowest BCUT2D eigenvalue weighted by atomic mass is 10.4. The first kappa shape index (κ1) is 6.94. The summed E-state index contributed by atoms with van der Waals surface area (Å²) in [5.74, 6) is 0. The van der Waals surface area contributed by atoms with Crippen molar-refractivity contribution in [3.05, 3.63) is 11.8 Å². The highest BCUT2D eigenvalue weighted by atomic mass is 127. The van der Waals surface area contributed by atoms with Crippen LogP contribution in [0.25, 0.3) is 0 Å². The van der Waals surface area contributed by atoms with Gasteiger partial charge in [-0.25, -0.2) is 3.21 Å². The Labute approximate surface area is 57.0 Å². The lowest BCUT2D eigenvalue weighted by Gasteiger charge is -1.79. The number of nitrogens with zero attached hydrogens (tertiary/aromatic N) is 1. The standard InChI is InChI=1S/C4H7IN2/c1-4(2-6)3-7-5/h2-3H,6H2,1H3/b4-2-,7-3-. The molecule has 0 atom stereocenters. The van der Waals surface area contributed by atoms with E-state index in [1.165, 1.54) is 6.20 Å². The Morgan fingerprint density at radius 1 is 1.86 bits per heavy atom. The van der Waals surface area contributed by atoms with Crippen molar-refractivity contribution in [2.75, 3.05) is 0 Å². The number of hydrogen-bond acceptors (Lipinski definition) is 2. The van der Waals surface area contributed by atoms with Crippen LogP contribution in [0.4, 0.5) is 0 Å². The van der Waals surface area contributed by atoms with Crippen LogP contribution in [-0.2, 0) is 0 Å². The lowest BCUT2D eigenvalue weighted by molar-refractivity contribution is 1.49. The van der Waals surface area contributed by atoms with Gasteiger partial charge in [-0.15, -0.1) is 0 Å². The first-order chi connectivity index (χ1) is 3.31. The molecule has 0 unspecified atom stereocenters. The van der Waals surface area contributed by atoms with Crippen molar-refractivity contribution < 1.29 is 0 Å². The minimum atomic E-state index is 0.981. The van der Waals surface area contributed by atoms with Crippen LogP contribution in [0.1, 0.15) is 6.92 Å². The first-order valence-corrected chi connectivity index (χ1v) is 2.80. The van der Waals surface area contributed by atoms with E-state index >= 15 is 0 Å². The third kappa shape index (κ3) is 3.78. The Kier molecular flexibility index (Phi) is 4.07. The summed E-state index contributed by atoms with van der Waals surface area (Å²) in [4.78, 5) is 0. The van der Waals surface area contributed by atoms with Crippen LogP contribution in [0.2, 0.25) is 0 Å². The minimum Gasteiger partial charge on any atom is -0.404 e. The van der Waals surface area contributed by atoms with E-state index in [1.54, 1.807) is 6.21 Å². The maximum atomic E-state index is 5.10. The fraction of sp³-hybridized carbons (Fsp3) is 0.250. The quantitative estimate of drug-likeness (QED) is 0.513. The van der Waals surface area contributed by atoms with E-state index in [1.807, 2.05) is 29.8 Å². The zero-order valence-electron chi connectivity index (χ0n) is 4.06. The maximum Gasteiger partial charge on any atom is 0.0831 e. The monoisotopic (exact) mass is 210 g/mol. The van der Waals surface area contributed by atoms with Gasteiger partial charge in [0.05, 0.1) is 22.9 Å². The largest absolute Gasteiger partial charge is 0.404 e. The van der Waals surface area contributed by atoms with Gasteiger partial charge in [-0.1, -0.05) is 0 Å². The molecule has 0 spiro atoms. The van der Waals surface area contributed by atoms with Crippen LogP contribution in [0.3, 0.4) is 0 Å². The Hall–Kier alpha value is -0.0600. The third-order valence-electron chi connectivity index (χ3n) is 0.515. The highest BCUT2D eigenvalue weighted by Crippen LogP contribution is 1.86. The highest BCUT2D eigenvalue weighted by Gasteiger charge is 1.72. The molecule has 0 saturated heterocycles. The molecule has 3 heteroatoms. The van der Waals surface area contributed by atoms with E-state index in [2.05, 4.69) is 3.21 Å². The van der Waals surface area contributed by atoms with Gasteiger partial charge in [0.15, 0.2) is 0 Å². The van der Waals surface area contributed by atoms with E-state index in [0.29, 0.717) is 0 Å². The Morgan fingerprint density at radius 3 is 2.57 bits per heavy atom. The average Bonchev–Trinajstić information content (AvgIpc) is 1.68. The van der Waals surface area contributed by atoms with Gasteiger partial charge in [0.1, 0.15) is 0 Å². The normalized spacial score (nSPS) is 13.1. The van der Waals surface area contributed by atoms with E-state index in [4.69, 9.17) is 5.73 Å².